The van der Waals surface area contributed by atoms with Crippen LogP contribution in [0.1, 0.15) is 29.2 Å². The molecule has 0 fully saturated rings. The lowest BCUT2D eigenvalue weighted by Gasteiger charge is -2.13. The van der Waals surface area contributed by atoms with Crippen molar-refractivity contribution in [1.82, 2.24) is 0 Å². The monoisotopic (exact) mass is 348 g/mol. The van der Waals surface area contributed by atoms with Crippen LogP contribution in [-0.4, -0.2) is 6.61 Å². The van der Waals surface area contributed by atoms with E-state index in [4.69, 9.17) is 9.47 Å². The molecule has 0 radical (unpaired) electrons. The summed E-state index contributed by atoms with van der Waals surface area (Å²) in [5.41, 5.74) is 4.94. The molecule has 0 aliphatic heterocycles. The summed E-state index contributed by atoms with van der Waals surface area (Å²) in [5.74, 6) is 1.60. The number of aryl methyl sites for hydroxylation is 2. The normalized spacial score (nSPS) is 10.5. The van der Waals surface area contributed by atoms with Crippen LogP contribution >= 0.6 is 15.9 Å². The first-order chi connectivity index (χ1) is 10.1. The molecule has 2 rings (SSSR count). The van der Waals surface area contributed by atoms with Gasteiger partial charge in [0.15, 0.2) is 11.5 Å². The van der Waals surface area contributed by atoms with E-state index >= 15 is 0 Å². The Morgan fingerprint density at radius 2 is 1.62 bits per heavy atom. The molecule has 0 atom stereocenters. The van der Waals surface area contributed by atoms with Crippen LogP contribution in [0, 0.1) is 13.8 Å². The first kappa shape index (κ1) is 15.9. The van der Waals surface area contributed by atoms with Gasteiger partial charge in [0, 0.05) is 5.33 Å². The van der Waals surface area contributed by atoms with Crippen LogP contribution in [0.3, 0.4) is 0 Å². The maximum atomic E-state index is 5.93. The highest BCUT2D eigenvalue weighted by atomic mass is 79.9. The fourth-order valence-corrected chi connectivity index (χ4v) is 2.43. The van der Waals surface area contributed by atoms with Gasteiger partial charge in [-0.2, -0.15) is 0 Å². The zero-order chi connectivity index (χ0) is 15.2. The molecule has 0 aromatic heterocycles. The second-order valence-electron chi connectivity index (χ2n) is 5.06. The minimum atomic E-state index is 0.550. The summed E-state index contributed by atoms with van der Waals surface area (Å²) in [4.78, 5) is 0. The van der Waals surface area contributed by atoms with Gasteiger partial charge in [-0.15, -0.1) is 0 Å². The van der Waals surface area contributed by atoms with E-state index in [-0.39, 0.29) is 0 Å². The second-order valence-corrected chi connectivity index (χ2v) is 5.62. The summed E-state index contributed by atoms with van der Waals surface area (Å²) in [6.07, 6.45) is 0. The topological polar surface area (TPSA) is 18.5 Å². The Balaban J connectivity index is 2.13. The molecule has 0 bridgehead atoms. The molecule has 2 aromatic rings. The van der Waals surface area contributed by atoms with Crippen molar-refractivity contribution in [3.63, 3.8) is 0 Å². The van der Waals surface area contributed by atoms with Crippen molar-refractivity contribution in [2.75, 3.05) is 6.61 Å². The van der Waals surface area contributed by atoms with Crippen molar-refractivity contribution < 1.29 is 9.47 Å². The molecule has 0 unspecified atom stereocenters. The lowest BCUT2D eigenvalue weighted by Crippen LogP contribution is -2.00. The molecule has 0 saturated heterocycles. The van der Waals surface area contributed by atoms with Crippen molar-refractivity contribution >= 4 is 15.9 Å². The molecule has 21 heavy (non-hydrogen) atoms. The predicted molar refractivity (Wildman–Crippen MR) is 90.5 cm³/mol. The molecule has 2 nitrogen and oxygen atoms in total. The third-order valence-corrected chi connectivity index (χ3v) is 4.08. The molecule has 0 amide bonds. The van der Waals surface area contributed by atoms with Gasteiger partial charge in [-0.3, -0.25) is 0 Å². The lowest BCUT2D eigenvalue weighted by molar-refractivity contribution is 0.269. The van der Waals surface area contributed by atoms with Crippen LogP contribution in [0.15, 0.2) is 36.4 Å². The third kappa shape index (κ3) is 4.24. The van der Waals surface area contributed by atoms with E-state index < -0.39 is 0 Å². The van der Waals surface area contributed by atoms with Gasteiger partial charge >= 0.3 is 0 Å². The number of alkyl halides is 1. The zero-order valence-electron chi connectivity index (χ0n) is 12.8. The number of halogens is 1. The summed E-state index contributed by atoms with van der Waals surface area (Å²) in [7, 11) is 0. The fraction of sp³-hybridized carbons (Fsp3) is 0.333. The van der Waals surface area contributed by atoms with Crippen molar-refractivity contribution in [2.24, 2.45) is 0 Å². The van der Waals surface area contributed by atoms with Crippen molar-refractivity contribution in [2.45, 2.75) is 32.7 Å². The van der Waals surface area contributed by atoms with Crippen LogP contribution in [0.4, 0.5) is 0 Å². The van der Waals surface area contributed by atoms with E-state index in [1.54, 1.807) is 0 Å². The molecular formula is C18H21BrO2. The Hall–Kier alpha value is -1.48. The first-order valence-electron chi connectivity index (χ1n) is 7.14. The average molecular weight is 349 g/mol. The molecular weight excluding hydrogens is 328 g/mol. The van der Waals surface area contributed by atoms with E-state index in [9.17, 15) is 0 Å². The third-order valence-electron chi connectivity index (χ3n) is 3.43. The Labute approximate surface area is 135 Å². The molecule has 0 spiro atoms. The number of rotatable bonds is 6. The number of hydrogen-bond acceptors (Lipinski definition) is 2. The minimum absolute atomic E-state index is 0.550. The summed E-state index contributed by atoms with van der Waals surface area (Å²) < 4.78 is 11.6. The minimum Gasteiger partial charge on any atom is -0.490 e. The standard InChI is InChI=1S/C18H21BrO2/c1-4-20-18-10-15(11-19)7-8-17(18)21-12-16-6-5-13(2)14(3)9-16/h5-10H,4,11-12H2,1-3H3. The van der Waals surface area contributed by atoms with Gasteiger partial charge in [0.05, 0.1) is 6.61 Å². The molecule has 0 aliphatic rings. The van der Waals surface area contributed by atoms with Gasteiger partial charge < -0.3 is 9.47 Å². The molecule has 0 saturated carbocycles. The van der Waals surface area contributed by atoms with E-state index in [2.05, 4.69) is 48.0 Å². The van der Waals surface area contributed by atoms with Crippen LogP contribution in [-0.2, 0) is 11.9 Å². The number of benzene rings is 2. The summed E-state index contributed by atoms with van der Waals surface area (Å²) in [6.45, 7) is 7.40. The highest BCUT2D eigenvalue weighted by Crippen LogP contribution is 2.30. The Morgan fingerprint density at radius 3 is 2.29 bits per heavy atom. The molecule has 0 aliphatic carbocycles. The van der Waals surface area contributed by atoms with Crippen LogP contribution in [0.25, 0.3) is 0 Å². The lowest BCUT2D eigenvalue weighted by atomic mass is 10.1. The van der Waals surface area contributed by atoms with Crippen LogP contribution in [0.2, 0.25) is 0 Å². The van der Waals surface area contributed by atoms with Gasteiger partial charge in [-0.25, -0.2) is 0 Å². The Morgan fingerprint density at radius 1 is 0.857 bits per heavy atom. The predicted octanol–water partition coefficient (Wildman–Crippen LogP) is 5.18. The van der Waals surface area contributed by atoms with Crippen LogP contribution in [0.5, 0.6) is 11.5 Å². The summed E-state index contributed by atoms with van der Waals surface area (Å²) in [6, 6.07) is 12.5. The number of hydrogen-bond donors (Lipinski definition) is 0. The smallest absolute Gasteiger partial charge is 0.161 e. The van der Waals surface area contributed by atoms with Crippen molar-refractivity contribution in [3.8, 4) is 11.5 Å². The van der Waals surface area contributed by atoms with Gasteiger partial charge in [0.25, 0.3) is 0 Å². The fourth-order valence-electron chi connectivity index (χ4n) is 2.08. The SMILES string of the molecule is CCOc1cc(CBr)ccc1OCc1ccc(C)c(C)c1. The maximum Gasteiger partial charge on any atom is 0.161 e. The second kappa shape index (κ2) is 7.51. The highest BCUT2D eigenvalue weighted by molar-refractivity contribution is 9.08. The summed E-state index contributed by atoms with van der Waals surface area (Å²) in [5, 5.41) is 0.810. The van der Waals surface area contributed by atoms with Gasteiger partial charge in [-0.05, 0) is 55.2 Å². The first-order valence-corrected chi connectivity index (χ1v) is 8.26. The van der Waals surface area contributed by atoms with Crippen molar-refractivity contribution in [3.05, 3.63) is 58.7 Å². The average Bonchev–Trinajstić information content (AvgIpc) is 2.49. The van der Waals surface area contributed by atoms with Crippen LogP contribution < -0.4 is 9.47 Å². The number of ether oxygens (including phenoxy) is 2. The largest absolute Gasteiger partial charge is 0.490 e. The van der Waals surface area contributed by atoms with E-state index in [1.165, 1.54) is 22.3 Å². The quantitative estimate of drug-likeness (QED) is 0.670. The Kier molecular flexibility index (Phi) is 5.68. The van der Waals surface area contributed by atoms with E-state index in [0.717, 1.165) is 16.8 Å². The van der Waals surface area contributed by atoms with Gasteiger partial charge in [0.1, 0.15) is 6.61 Å². The molecule has 2 aromatic carbocycles. The molecule has 0 N–H and O–H groups in total. The molecule has 112 valence electrons. The molecule has 0 heterocycles. The van der Waals surface area contributed by atoms with Gasteiger partial charge in [0.2, 0.25) is 0 Å². The summed E-state index contributed by atoms with van der Waals surface area (Å²) >= 11 is 3.46. The zero-order valence-corrected chi connectivity index (χ0v) is 14.4. The van der Waals surface area contributed by atoms with Gasteiger partial charge in [-0.1, -0.05) is 40.2 Å². The van der Waals surface area contributed by atoms with Crippen molar-refractivity contribution in [1.29, 1.82) is 0 Å². The highest BCUT2D eigenvalue weighted by Gasteiger charge is 2.07. The molecule has 3 heteroatoms. The maximum absolute atomic E-state index is 5.93. The van der Waals surface area contributed by atoms with E-state index in [1.807, 2.05) is 25.1 Å². The van der Waals surface area contributed by atoms with E-state index in [0.29, 0.717) is 13.2 Å². The Bertz CT molecular complexity index is 608.